The Hall–Kier alpha value is -0.920. The lowest BCUT2D eigenvalue weighted by Crippen LogP contribution is -2.51. The second-order valence-corrected chi connectivity index (χ2v) is 7.64. The van der Waals surface area contributed by atoms with Crippen molar-refractivity contribution in [3.63, 3.8) is 0 Å². The molecule has 1 N–H and O–H groups in total. The number of piperazine rings is 1. The van der Waals surface area contributed by atoms with Gasteiger partial charge in [-0.2, -0.15) is 9.40 Å². The van der Waals surface area contributed by atoms with Gasteiger partial charge in [0.1, 0.15) is 4.90 Å². The summed E-state index contributed by atoms with van der Waals surface area (Å²) in [5.74, 6) is 0. The fourth-order valence-electron chi connectivity index (χ4n) is 3.32. The first-order chi connectivity index (χ1) is 9.59. The number of H-pyrrole nitrogens is 1. The molecule has 2 fully saturated rings. The SMILES string of the molecule is Cc1[nH]ncc1S(=O)(=O)N1CCN(C2CCCC2)CC1. The molecule has 20 heavy (non-hydrogen) atoms. The van der Waals surface area contributed by atoms with Crippen molar-refractivity contribution in [2.75, 3.05) is 26.2 Å². The third-order valence-electron chi connectivity index (χ3n) is 4.52. The van der Waals surface area contributed by atoms with Crippen LogP contribution < -0.4 is 0 Å². The molecule has 1 saturated carbocycles. The van der Waals surface area contributed by atoms with Crippen molar-refractivity contribution in [1.82, 2.24) is 19.4 Å². The van der Waals surface area contributed by atoms with Gasteiger partial charge in [-0.15, -0.1) is 0 Å². The highest BCUT2D eigenvalue weighted by Gasteiger charge is 2.33. The van der Waals surface area contributed by atoms with Crippen LogP contribution >= 0.6 is 0 Å². The number of hydrogen-bond acceptors (Lipinski definition) is 4. The van der Waals surface area contributed by atoms with E-state index in [1.165, 1.54) is 31.9 Å². The Labute approximate surface area is 120 Å². The van der Waals surface area contributed by atoms with E-state index in [9.17, 15) is 8.42 Å². The van der Waals surface area contributed by atoms with Crippen LogP contribution in [0, 0.1) is 6.92 Å². The predicted octanol–water partition coefficient (Wildman–Crippen LogP) is 0.967. The van der Waals surface area contributed by atoms with E-state index in [4.69, 9.17) is 0 Å². The lowest BCUT2D eigenvalue weighted by atomic mass is 10.2. The quantitative estimate of drug-likeness (QED) is 0.902. The Morgan fingerprint density at radius 1 is 1.20 bits per heavy atom. The summed E-state index contributed by atoms with van der Waals surface area (Å²) in [4.78, 5) is 2.77. The maximum atomic E-state index is 12.5. The monoisotopic (exact) mass is 298 g/mol. The van der Waals surface area contributed by atoms with Crippen molar-refractivity contribution < 1.29 is 8.42 Å². The van der Waals surface area contributed by atoms with Crippen molar-refractivity contribution in [2.45, 2.75) is 43.5 Å². The highest BCUT2D eigenvalue weighted by Crippen LogP contribution is 2.26. The van der Waals surface area contributed by atoms with Crippen LogP contribution in [0.3, 0.4) is 0 Å². The van der Waals surface area contributed by atoms with E-state index in [-0.39, 0.29) is 0 Å². The standard InChI is InChI=1S/C13H22N4O2S/c1-11-13(10-14-15-11)20(18,19)17-8-6-16(7-9-17)12-4-2-3-5-12/h10,12H,2-9H2,1H3,(H,14,15). The summed E-state index contributed by atoms with van der Waals surface area (Å²) in [5, 5.41) is 6.52. The zero-order valence-electron chi connectivity index (χ0n) is 11.9. The maximum absolute atomic E-state index is 12.5. The number of nitrogens with zero attached hydrogens (tertiary/aromatic N) is 3. The van der Waals surface area contributed by atoms with Crippen LogP contribution in [0.25, 0.3) is 0 Å². The molecule has 1 aromatic heterocycles. The van der Waals surface area contributed by atoms with Gasteiger partial charge < -0.3 is 0 Å². The average molecular weight is 298 g/mol. The van der Waals surface area contributed by atoms with Crippen LogP contribution in [0.1, 0.15) is 31.4 Å². The summed E-state index contributed by atoms with van der Waals surface area (Å²) < 4.78 is 26.7. The van der Waals surface area contributed by atoms with E-state index < -0.39 is 10.0 Å². The van der Waals surface area contributed by atoms with Crippen molar-refractivity contribution in [3.05, 3.63) is 11.9 Å². The van der Waals surface area contributed by atoms with Gasteiger partial charge in [0.15, 0.2) is 0 Å². The van der Waals surface area contributed by atoms with Crippen molar-refractivity contribution in [3.8, 4) is 0 Å². The minimum atomic E-state index is -3.38. The molecule has 0 aromatic carbocycles. The van der Waals surface area contributed by atoms with Crippen LogP contribution in [0.4, 0.5) is 0 Å². The number of sulfonamides is 1. The van der Waals surface area contributed by atoms with Crippen LogP contribution in [0.2, 0.25) is 0 Å². The molecule has 1 aliphatic carbocycles. The van der Waals surface area contributed by atoms with Gasteiger partial charge in [0.05, 0.1) is 11.9 Å². The molecule has 0 bridgehead atoms. The minimum absolute atomic E-state index is 0.312. The first-order valence-electron chi connectivity index (χ1n) is 7.33. The molecule has 7 heteroatoms. The third kappa shape index (κ3) is 2.49. The van der Waals surface area contributed by atoms with E-state index >= 15 is 0 Å². The lowest BCUT2D eigenvalue weighted by molar-refractivity contribution is 0.139. The molecule has 3 rings (SSSR count). The van der Waals surface area contributed by atoms with E-state index in [0.717, 1.165) is 13.1 Å². The second kappa shape index (κ2) is 5.46. The fraction of sp³-hybridized carbons (Fsp3) is 0.769. The topological polar surface area (TPSA) is 69.3 Å². The average Bonchev–Trinajstić information content (AvgIpc) is 3.10. The van der Waals surface area contributed by atoms with Crippen LogP contribution in [0.15, 0.2) is 11.1 Å². The van der Waals surface area contributed by atoms with Crippen molar-refractivity contribution >= 4 is 10.0 Å². The summed E-state index contributed by atoms with van der Waals surface area (Å²) in [6.45, 7) is 4.61. The molecule has 0 amide bonds. The highest BCUT2D eigenvalue weighted by atomic mass is 32.2. The van der Waals surface area contributed by atoms with E-state index in [1.54, 1.807) is 11.2 Å². The Morgan fingerprint density at radius 3 is 2.40 bits per heavy atom. The molecule has 0 unspecified atom stereocenters. The Morgan fingerprint density at radius 2 is 1.85 bits per heavy atom. The molecular formula is C13H22N4O2S. The molecule has 1 aliphatic heterocycles. The Balaban J connectivity index is 1.67. The summed E-state index contributed by atoms with van der Waals surface area (Å²) in [6, 6.07) is 0.676. The molecule has 2 heterocycles. The first kappa shape index (κ1) is 14.0. The summed E-state index contributed by atoms with van der Waals surface area (Å²) in [5.41, 5.74) is 0.614. The molecule has 0 radical (unpaired) electrons. The molecular weight excluding hydrogens is 276 g/mol. The number of hydrogen-bond donors (Lipinski definition) is 1. The van der Waals surface area contributed by atoms with Gasteiger partial charge in [-0.25, -0.2) is 8.42 Å². The van der Waals surface area contributed by atoms with Crippen LogP contribution in [-0.4, -0.2) is 60.0 Å². The van der Waals surface area contributed by atoms with Crippen molar-refractivity contribution in [1.29, 1.82) is 0 Å². The van der Waals surface area contributed by atoms with E-state index in [1.807, 2.05) is 0 Å². The summed E-state index contributed by atoms with van der Waals surface area (Å²) in [6.07, 6.45) is 6.59. The molecule has 0 spiro atoms. The Kier molecular flexibility index (Phi) is 3.83. The minimum Gasteiger partial charge on any atom is -0.298 e. The highest BCUT2D eigenvalue weighted by molar-refractivity contribution is 7.89. The van der Waals surface area contributed by atoms with Crippen molar-refractivity contribution in [2.24, 2.45) is 0 Å². The molecule has 1 aromatic rings. The molecule has 112 valence electrons. The fourth-order valence-corrected chi connectivity index (χ4v) is 4.86. The van der Waals surface area contributed by atoms with Gasteiger partial charge in [-0.05, 0) is 19.8 Å². The van der Waals surface area contributed by atoms with Gasteiger partial charge in [0.25, 0.3) is 0 Å². The van der Waals surface area contributed by atoms with E-state index in [0.29, 0.717) is 29.7 Å². The van der Waals surface area contributed by atoms with Gasteiger partial charge >= 0.3 is 0 Å². The van der Waals surface area contributed by atoms with Gasteiger partial charge in [0.2, 0.25) is 10.0 Å². The second-order valence-electron chi connectivity index (χ2n) is 5.74. The molecule has 2 aliphatic rings. The first-order valence-corrected chi connectivity index (χ1v) is 8.77. The number of aryl methyl sites for hydroxylation is 1. The maximum Gasteiger partial charge on any atom is 0.246 e. The van der Waals surface area contributed by atoms with Crippen LogP contribution in [0.5, 0.6) is 0 Å². The number of rotatable bonds is 3. The lowest BCUT2D eigenvalue weighted by Gasteiger charge is -2.37. The normalized spacial score (nSPS) is 23.4. The number of aromatic amines is 1. The summed E-state index contributed by atoms with van der Waals surface area (Å²) >= 11 is 0. The zero-order chi connectivity index (χ0) is 14.2. The molecule has 6 nitrogen and oxygen atoms in total. The zero-order valence-corrected chi connectivity index (χ0v) is 12.7. The van der Waals surface area contributed by atoms with Gasteiger partial charge in [-0.1, -0.05) is 12.8 Å². The number of aromatic nitrogens is 2. The van der Waals surface area contributed by atoms with E-state index in [2.05, 4.69) is 15.1 Å². The molecule has 0 atom stereocenters. The predicted molar refractivity (Wildman–Crippen MR) is 75.9 cm³/mol. The van der Waals surface area contributed by atoms with Crippen LogP contribution in [-0.2, 0) is 10.0 Å². The summed E-state index contributed by atoms with van der Waals surface area (Å²) in [7, 11) is -3.38. The molecule has 1 saturated heterocycles. The third-order valence-corrected chi connectivity index (χ3v) is 6.53. The smallest absolute Gasteiger partial charge is 0.246 e. The van der Waals surface area contributed by atoms with Gasteiger partial charge in [0, 0.05) is 32.2 Å². The number of nitrogens with one attached hydrogen (secondary N) is 1. The Bertz CT molecular complexity index is 555. The van der Waals surface area contributed by atoms with Gasteiger partial charge in [-0.3, -0.25) is 10.00 Å². The largest absolute Gasteiger partial charge is 0.298 e.